The first-order valence-corrected chi connectivity index (χ1v) is 4.44. The van der Waals surface area contributed by atoms with Crippen LogP contribution < -0.4 is 0 Å². The summed E-state index contributed by atoms with van der Waals surface area (Å²) in [4.78, 5) is 13.8. The van der Waals surface area contributed by atoms with Gasteiger partial charge in [0.1, 0.15) is 0 Å². The summed E-state index contributed by atoms with van der Waals surface area (Å²) >= 11 is 0. The molecule has 1 aromatic rings. The zero-order chi connectivity index (χ0) is 10.7. The Labute approximate surface area is 79.4 Å². The first-order chi connectivity index (χ1) is 6.30. The zero-order valence-electron chi connectivity index (χ0n) is 8.61. The van der Waals surface area contributed by atoms with Gasteiger partial charge in [-0.2, -0.15) is 0 Å². The Morgan fingerprint density at radius 3 is 2.08 bits per heavy atom. The van der Waals surface area contributed by atoms with Crippen LogP contribution in [-0.4, -0.2) is 16.1 Å². The highest BCUT2D eigenvalue weighted by Crippen LogP contribution is 1.92. The monoisotopic (exact) mass is 183 g/mol. The van der Waals surface area contributed by atoms with Crippen molar-refractivity contribution in [2.45, 2.75) is 27.7 Å². The number of carboxylic acids is 1. The Balaban J connectivity index is 0. The standard InChI is InChI=1S/C6H5NO2.2C2H6/c8-6(9)5-2-1-3-7-4-5;2*1-2/h1-4H,(H,8,9);2*1-2H3. The van der Waals surface area contributed by atoms with E-state index in [1.807, 2.05) is 27.7 Å². The average molecular weight is 183 g/mol. The van der Waals surface area contributed by atoms with Crippen LogP contribution in [0.15, 0.2) is 24.5 Å². The fourth-order valence-electron chi connectivity index (χ4n) is 0.489. The molecule has 3 nitrogen and oxygen atoms in total. The van der Waals surface area contributed by atoms with Gasteiger partial charge in [0.2, 0.25) is 0 Å². The average Bonchev–Trinajstić information content (AvgIpc) is 2.25. The molecule has 1 heterocycles. The lowest BCUT2D eigenvalue weighted by Gasteiger charge is -1.87. The van der Waals surface area contributed by atoms with Crippen LogP contribution in [0.3, 0.4) is 0 Å². The van der Waals surface area contributed by atoms with Gasteiger partial charge in [-0.1, -0.05) is 27.7 Å². The lowest BCUT2D eigenvalue weighted by Crippen LogP contribution is -1.94. The summed E-state index contributed by atoms with van der Waals surface area (Å²) in [6, 6.07) is 3.08. The number of carbonyl (C=O) groups is 1. The number of aromatic carboxylic acids is 1. The van der Waals surface area contributed by atoms with Gasteiger partial charge in [0.15, 0.2) is 0 Å². The normalized spacial score (nSPS) is 7.08. The summed E-state index contributed by atoms with van der Waals surface area (Å²) in [6.07, 6.45) is 2.84. The number of pyridine rings is 1. The topological polar surface area (TPSA) is 50.2 Å². The first-order valence-electron chi connectivity index (χ1n) is 4.44. The van der Waals surface area contributed by atoms with E-state index in [9.17, 15) is 4.79 Å². The lowest BCUT2D eigenvalue weighted by atomic mass is 10.3. The van der Waals surface area contributed by atoms with Crippen molar-refractivity contribution in [2.24, 2.45) is 0 Å². The molecule has 0 atom stereocenters. The molecule has 3 heteroatoms. The third-order valence-corrected chi connectivity index (χ3v) is 0.908. The molecule has 0 bridgehead atoms. The van der Waals surface area contributed by atoms with Gasteiger partial charge in [0.05, 0.1) is 5.56 Å². The number of aromatic nitrogens is 1. The van der Waals surface area contributed by atoms with Crippen LogP contribution in [0.5, 0.6) is 0 Å². The quantitative estimate of drug-likeness (QED) is 0.728. The second-order valence-corrected chi connectivity index (χ2v) is 1.55. The molecular formula is C10H17NO2. The maximum atomic E-state index is 10.2. The van der Waals surface area contributed by atoms with Gasteiger partial charge < -0.3 is 5.11 Å². The largest absolute Gasteiger partial charge is 0.478 e. The summed E-state index contributed by atoms with van der Waals surface area (Å²) < 4.78 is 0. The summed E-state index contributed by atoms with van der Waals surface area (Å²) in [5.41, 5.74) is 0.220. The molecule has 0 aliphatic rings. The predicted molar refractivity (Wildman–Crippen MR) is 53.9 cm³/mol. The van der Waals surface area contributed by atoms with Crippen LogP contribution in [0.4, 0.5) is 0 Å². The molecule has 0 aliphatic carbocycles. The van der Waals surface area contributed by atoms with Gasteiger partial charge in [-0.05, 0) is 12.1 Å². The van der Waals surface area contributed by atoms with Crippen molar-refractivity contribution in [2.75, 3.05) is 0 Å². The Morgan fingerprint density at radius 2 is 1.85 bits per heavy atom. The molecule has 1 rings (SSSR count). The molecule has 0 radical (unpaired) electrons. The zero-order valence-corrected chi connectivity index (χ0v) is 8.61. The second kappa shape index (κ2) is 10.6. The van der Waals surface area contributed by atoms with Crippen LogP contribution in [0.1, 0.15) is 38.1 Å². The van der Waals surface area contributed by atoms with Crippen LogP contribution in [0.25, 0.3) is 0 Å². The minimum Gasteiger partial charge on any atom is -0.478 e. The van der Waals surface area contributed by atoms with E-state index < -0.39 is 5.97 Å². The van der Waals surface area contributed by atoms with Crippen molar-refractivity contribution in [3.8, 4) is 0 Å². The third-order valence-electron chi connectivity index (χ3n) is 0.908. The first kappa shape index (κ1) is 14.2. The molecule has 0 saturated heterocycles. The van der Waals surface area contributed by atoms with Crippen molar-refractivity contribution in [3.63, 3.8) is 0 Å². The molecule has 0 unspecified atom stereocenters. The van der Waals surface area contributed by atoms with E-state index in [4.69, 9.17) is 5.11 Å². The van der Waals surface area contributed by atoms with Crippen LogP contribution in [-0.2, 0) is 0 Å². The second-order valence-electron chi connectivity index (χ2n) is 1.55. The Hall–Kier alpha value is -1.38. The lowest BCUT2D eigenvalue weighted by molar-refractivity contribution is 0.0696. The van der Waals surface area contributed by atoms with E-state index >= 15 is 0 Å². The molecule has 1 N–H and O–H groups in total. The molecule has 0 aromatic carbocycles. The van der Waals surface area contributed by atoms with Gasteiger partial charge in [-0.25, -0.2) is 4.79 Å². The number of rotatable bonds is 1. The number of hydrogen-bond donors (Lipinski definition) is 1. The Kier molecular flexibility index (Phi) is 11.6. The van der Waals surface area contributed by atoms with Crippen LogP contribution in [0, 0.1) is 0 Å². The fraction of sp³-hybridized carbons (Fsp3) is 0.400. The molecule has 0 aliphatic heterocycles. The molecule has 13 heavy (non-hydrogen) atoms. The van der Waals surface area contributed by atoms with Crippen molar-refractivity contribution in [1.29, 1.82) is 0 Å². The van der Waals surface area contributed by atoms with Crippen LogP contribution >= 0.6 is 0 Å². The fourth-order valence-corrected chi connectivity index (χ4v) is 0.489. The van der Waals surface area contributed by atoms with Crippen molar-refractivity contribution < 1.29 is 9.90 Å². The number of nitrogens with zero attached hydrogens (tertiary/aromatic N) is 1. The smallest absolute Gasteiger partial charge is 0.337 e. The highest BCUT2D eigenvalue weighted by Gasteiger charge is 1.97. The molecule has 0 amide bonds. The van der Waals surface area contributed by atoms with Gasteiger partial charge >= 0.3 is 5.97 Å². The summed E-state index contributed by atoms with van der Waals surface area (Å²) in [5.74, 6) is -0.942. The molecule has 1 aromatic heterocycles. The third kappa shape index (κ3) is 7.00. The maximum Gasteiger partial charge on any atom is 0.337 e. The minimum absolute atomic E-state index is 0.220. The highest BCUT2D eigenvalue weighted by atomic mass is 16.4. The highest BCUT2D eigenvalue weighted by molar-refractivity contribution is 5.86. The van der Waals surface area contributed by atoms with Gasteiger partial charge in [0, 0.05) is 12.4 Å². The molecule has 0 spiro atoms. The van der Waals surface area contributed by atoms with Crippen LogP contribution in [0.2, 0.25) is 0 Å². The number of carboxylic acid groups (broad SMARTS) is 1. The van der Waals surface area contributed by atoms with Crippen molar-refractivity contribution in [3.05, 3.63) is 30.1 Å². The summed E-state index contributed by atoms with van der Waals surface area (Å²) in [7, 11) is 0. The van der Waals surface area contributed by atoms with E-state index in [-0.39, 0.29) is 5.56 Å². The molecular weight excluding hydrogens is 166 g/mol. The van der Waals surface area contributed by atoms with E-state index in [1.54, 1.807) is 6.07 Å². The predicted octanol–water partition coefficient (Wildman–Crippen LogP) is 2.83. The Morgan fingerprint density at radius 1 is 1.31 bits per heavy atom. The van der Waals surface area contributed by atoms with E-state index in [2.05, 4.69) is 4.98 Å². The molecule has 74 valence electrons. The minimum atomic E-state index is -0.942. The maximum absolute atomic E-state index is 10.2. The van der Waals surface area contributed by atoms with E-state index in [0.29, 0.717) is 0 Å². The summed E-state index contributed by atoms with van der Waals surface area (Å²) in [6.45, 7) is 8.00. The van der Waals surface area contributed by atoms with Gasteiger partial charge in [-0.3, -0.25) is 4.98 Å². The van der Waals surface area contributed by atoms with Crippen molar-refractivity contribution in [1.82, 2.24) is 4.98 Å². The molecule has 0 fully saturated rings. The van der Waals surface area contributed by atoms with E-state index in [0.717, 1.165) is 0 Å². The SMILES string of the molecule is CC.CC.O=C(O)c1cccnc1. The van der Waals surface area contributed by atoms with Gasteiger partial charge in [0.25, 0.3) is 0 Å². The molecule has 0 saturated carbocycles. The van der Waals surface area contributed by atoms with Gasteiger partial charge in [-0.15, -0.1) is 0 Å². The number of hydrogen-bond acceptors (Lipinski definition) is 2. The van der Waals surface area contributed by atoms with E-state index in [1.165, 1.54) is 18.5 Å². The Bertz CT molecular complexity index is 209. The summed E-state index contributed by atoms with van der Waals surface area (Å²) in [5, 5.41) is 8.34. The van der Waals surface area contributed by atoms with Crippen molar-refractivity contribution >= 4 is 5.97 Å².